The first-order chi connectivity index (χ1) is 14.1. The lowest BCUT2D eigenvalue weighted by molar-refractivity contribution is -0.148. The number of nitrogens with one attached hydrogen (secondary N) is 1. The number of likely N-dealkylation sites (tertiary alicyclic amines) is 1. The number of carbonyl (C=O) groups is 3. The van der Waals surface area contributed by atoms with Crippen LogP contribution in [-0.2, 0) is 19.8 Å². The van der Waals surface area contributed by atoms with Crippen molar-refractivity contribution >= 4 is 29.5 Å². The Balaban J connectivity index is 1.47. The third-order valence-electron chi connectivity index (χ3n) is 6.93. The normalized spacial score (nSPS) is 26.2. The summed E-state index contributed by atoms with van der Waals surface area (Å²) in [5.41, 5.74) is 1.26. The number of rotatable bonds is 8. The molecule has 0 spiro atoms. The fourth-order valence-corrected chi connectivity index (χ4v) is 5.45. The van der Waals surface area contributed by atoms with E-state index < -0.39 is 6.04 Å². The van der Waals surface area contributed by atoms with E-state index in [1.165, 1.54) is 10.5 Å². The average Bonchev–Trinajstić information content (AvgIpc) is 3.51. The van der Waals surface area contributed by atoms with Gasteiger partial charge in [0, 0.05) is 12.0 Å². The average molecular weight is 415 g/mol. The van der Waals surface area contributed by atoms with Gasteiger partial charge in [-0.15, -0.1) is 0 Å². The summed E-state index contributed by atoms with van der Waals surface area (Å²) in [6, 6.07) is 9.61. The fourth-order valence-electron chi connectivity index (χ4n) is 4.99. The van der Waals surface area contributed by atoms with Crippen LogP contribution in [0.3, 0.4) is 0 Å². The minimum atomic E-state index is -0.681. The molecule has 0 radical (unpaired) electrons. The maximum Gasteiger partial charge on any atom is 0.243 e. The number of hydrogen-bond acceptors (Lipinski definition) is 4. The molecule has 6 heteroatoms. The largest absolute Gasteiger partial charge is 0.353 e. The van der Waals surface area contributed by atoms with Crippen molar-refractivity contribution in [2.45, 2.75) is 56.4 Å². The van der Waals surface area contributed by atoms with Crippen molar-refractivity contribution in [3.63, 3.8) is 0 Å². The summed E-state index contributed by atoms with van der Waals surface area (Å²) in [6.45, 7) is 0.564. The molecule has 4 rings (SSSR count). The summed E-state index contributed by atoms with van der Waals surface area (Å²) in [5.74, 6) is -0.0920. The summed E-state index contributed by atoms with van der Waals surface area (Å²) in [5, 5.41) is 3.10. The van der Waals surface area contributed by atoms with E-state index in [9.17, 15) is 14.4 Å². The topological polar surface area (TPSA) is 66.5 Å². The highest BCUT2D eigenvalue weighted by molar-refractivity contribution is 7.98. The van der Waals surface area contributed by atoms with Gasteiger partial charge in [-0.1, -0.05) is 43.2 Å². The van der Waals surface area contributed by atoms with E-state index in [2.05, 4.69) is 17.4 Å². The third kappa shape index (κ3) is 3.96. The zero-order valence-electron chi connectivity index (χ0n) is 17.1. The van der Waals surface area contributed by atoms with Gasteiger partial charge in [0.25, 0.3) is 0 Å². The van der Waals surface area contributed by atoms with Gasteiger partial charge in [-0.05, 0) is 49.7 Å². The van der Waals surface area contributed by atoms with Gasteiger partial charge in [0.15, 0.2) is 0 Å². The van der Waals surface area contributed by atoms with E-state index in [-0.39, 0.29) is 35.0 Å². The zero-order chi connectivity index (χ0) is 20.4. The van der Waals surface area contributed by atoms with Crippen LogP contribution in [0.25, 0.3) is 0 Å². The van der Waals surface area contributed by atoms with E-state index in [1.807, 2.05) is 24.5 Å². The van der Waals surface area contributed by atoms with Crippen LogP contribution >= 0.6 is 11.8 Å². The molecule has 3 aliphatic rings. The monoisotopic (exact) mass is 414 g/mol. The molecule has 5 nitrogen and oxygen atoms in total. The Morgan fingerprint density at radius 1 is 1.14 bits per heavy atom. The Morgan fingerprint density at radius 3 is 2.31 bits per heavy atom. The van der Waals surface area contributed by atoms with Crippen molar-refractivity contribution in [1.82, 2.24) is 10.2 Å². The lowest BCUT2D eigenvalue weighted by atomic mass is 9.81. The van der Waals surface area contributed by atoms with Crippen LogP contribution in [0.4, 0.5) is 0 Å². The SMILES string of the molecule is CSCC[C@H](C(=O)NCC1(c2ccccc2)CC1)N1C(=O)[C@@H]2CCCC[C@H]2C1=O. The molecule has 3 atom stereocenters. The van der Waals surface area contributed by atoms with Crippen molar-refractivity contribution in [3.8, 4) is 0 Å². The second-order valence-electron chi connectivity index (χ2n) is 8.71. The van der Waals surface area contributed by atoms with Crippen LogP contribution in [0.1, 0.15) is 50.5 Å². The highest BCUT2D eigenvalue weighted by Crippen LogP contribution is 2.47. The number of hydrogen-bond donors (Lipinski definition) is 1. The van der Waals surface area contributed by atoms with Gasteiger partial charge >= 0.3 is 0 Å². The van der Waals surface area contributed by atoms with Gasteiger partial charge in [0.1, 0.15) is 6.04 Å². The lowest BCUT2D eigenvalue weighted by Gasteiger charge is -2.27. The smallest absolute Gasteiger partial charge is 0.243 e. The molecule has 0 bridgehead atoms. The first-order valence-electron chi connectivity index (χ1n) is 10.8. The van der Waals surface area contributed by atoms with E-state index in [0.29, 0.717) is 13.0 Å². The minimum absolute atomic E-state index is 0.00793. The predicted octanol–water partition coefficient (Wildman–Crippen LogP) is 3.13. The van der Waals surface area contributed by atoms with Gasteiger partial charge < -0.3 is 5.32 Å². The number of thioether (sulfide) groups is 1. The van der Waals surface area contributed by atoms with Crippen molar-refractivity contribution in [3.05, 3.63) is 35.9 Å². The number of fused-ring (bicyclic) bond motifs is 1. The summed E-state index contributed by atoms with van der Waals surface area (Å²) in [7, 11) is 0. The van der Waals surface area contributed by atoms with Crippen molar-refractivity contribution in [2.75, 3.05) is 18.6 Å². The summed E-state index contributed by atoms with van der Waals surface area (Å²) < 4.78 is 0. The molecular formula is C23H30N2O3S. The van der Waals surface area contributed by atoms with Crippen molar-refractivity contribution in [1.29, 1.82) is 0 Å². The molecular weight excluding hydrogens is 384 g/mol. The van der Waals surface area contributed by atoms with Gasteiger partial charge in [0.05, 0.1) is 11.8 Å². The van der Waals surface area contributed by atoms with E-state index in [0.717, 1.165) is 44.3 Å². The number of imide groups is 1. The molecule has 2 aliphatic carbocycles. The van der Waals surface area contributed by atoms with Crippen LogP contribution in [0, 0.1) is 11.8 Å². The van der Waals surface area contributed by atoms with Gasteiger partial charge in [-0.25, -0.2) is 0 Å². The number of nitrogens with zero attached hydrogens (tertiary/aromatic N) is 1. The molecule has 1 N–H and O–H groups in total. The molecule has 1 aliphatic heterocycles. The molecule has 0 unspecified atom stereocenters. The van der Waals surface area contributed by atoms with Crippen molar-refractivity contribution < 1.29 is 14.4 Å². The summed E-state index contributed by atoms with van der Waals surface area (Å²) in [6.07, 6.45) is 8.15. The maximum absolute atomic E-state index is 13.2. The second kappa shape index (κ2) is 8.50. The molecule has 0 aromatic heterocycles. The van der Waals surface area contributed by atoms with Gasteiger partial charge in [0.2, 0.25) is 17.7 Å². The lowest BCUT2D eigenvalue weighted by Crippen LogP contribution is -2.51. The van der Waals surface area contributed by atoms with E-state index >= 15 is 0 Å². The van der Waals surface area contributed by atoms with E-state index in [1.54, 1.807) is 11.8 Å². The second-order valence-corrected chi connectivity index (χ2v) is 9.69. The molecule has 1 aromatic rings. The first-order valence-corrected chi connectivity index (χ1v) is 12.2. The number of carbonyl (C=O) groups excluding carboxylic acids is 3. The summed E-state index contributed by atoms with van der Waals surface area (Å²) in [4.78, 5) is 40.5. The molecule has 2 saturated carbocycles. The highest BCUT2D eigenvalue weighted by atomic mass is 32.2. The van der Waals surface area contributed by atoms with Crippen LogP contribution in [-0.4, -0.2) is 47.2 Å². The zero-order valence-corrected chi connectivity index (χ0v) is 17.9. The highest BCUT2D eigenvalue weighted by Gasteiger charge is 2.52. The van der Waals surface area contributed by atoms with Crippen LogP contribution in [0.5, 0.6) is 0 Å². The molecule has 1 aromatic carbocycles. The molecule has 29 heavy (non-hydrogen) atoms. The van der Waals surface area contributed by atoms with Gasteiger partial charge in [-0.3, -0.25) is 19.3 Å². The Kier molecular flexibility index (Phi) is 6.00. The Hall–Kier alpha value is -1.82. The van der Waals surface area contributed by atoms with Crippen molar-refractivity contribution in [2.24, 2.45) is 11.8 Å². The maximum atomic E-state index is 13.2. The quantitative estimate of drug-likeness (QED) is 0.664. The third-order valence-corrected chi connectivity index (χ3v) is 7.57. The Labute approximate surface area is 177 Å². The molecule has 3 amide bonds. The number of amides is 3. The molecule has 1 heterocycles. The standard InChI is InChI=1S/C23H30N2O3S/c1-29-14-11-19(25-21(27)17-9-5-6-10-18(17)22(25)28)20(26)24-15-23(12-13-23)16-7-3-2-4-8-16/h2-4,7-8,17-19H,5-6,9-15H2,1H3,(H,24,26)/t17-,18-,19-/m1/s1. The van der Waals surface area contributed by atoms with Crippen LogP contribution in [0.15, 0.2) is 30.3 Å². The molecule has 1 saturated heterocycles. The van der Waals surface area contributed by atoms with Crippen LogP contribution < -0.4 is 5.32 Å². The Morgan fingerprint density at radius 2 is 1.76 bits per heavy atom. The summed E-state index contributed by atoms with van der Waals surface area (Å²) >= 11 is 1.64. The fraction of sp³-hybridized carbons (Fsp3) is 0.609. The van der Waals surface area contributed by atoms with Crippen LogP contribution in [0.2, 0.25) is 0 Å². The minimum Gasteiger partial charge on any atom is -0.353 e. The first kappa shape index (κ1) is 20.5. The molecule has 156 valence electrons. The van der Waals surface area contributed by atoms with E-state index in [4.69, 9.17) is 0 Å². The predicted molar refractivity (Wildman–Crippen MR) is 114 cm³/mol. The number of benzene rings is 1. The Bertz CT molecular complexity index is 754. The van der Waals surface area contributed by atoms with Gasteiger partial charge in [-0.2, -0.15) is 11.8 Å². The molecule has 3 fully saturated rings.